The van der Waals surface area contributed by atoms with Gasteiger partial charge in [0.1, 0.15) is 5.82 Å². The monoisotopic (exact) mass is 385 g/mol. The highest BCUT2D eigenvalue weighted by Gasteiger charge is 2.22. The molecule has 0 unspecified atom stereocenters. The van der Waals surface area contributed by atoms with Gasteiger partial charge in [0.25, 0.3) is 5.56 Å². The minimum Gasteiger partial charge on any atom is -0.356 e. The van der Waals surface area contributed by atoms with Crippen molar-refractivity contribution in [1.82, 2.24) is 25.0 Å². The second-order valence-electron chi connectivity index (χ2n) is 7.09. The van der Waals surface area contributed by atoms with Crippen molar-refractivity contribution in [2.24, 2.45) is 0 Å². The molecule has 5 rings (SSSR count). The molecule has 0 saturated heterocycles. The summed E-state index contributed by atoms with van der Waals surface area (Å²) >= 11 is 0. The maximum absolute atomic E-state index is 12.5. The number of hydrogen-bond donors (Lipinski definition) is 1. The van der Waals surface area contributed by atoms with Crippen LogP contribution in [0.3, 0.4) is 0 Å². The Morgan fingerprint density at radius 2 is 1.97 bits per heavy atom. The highest BCUT2D eigenvalue weighted by atomic mass is 16.5. The predicted molar refractivity (Wildman–Crippen MR) is 108 cm³/mol. The van der Waals surface area contributed by atoms with Crippen molar-refractivity contribution in [2.75, 3.05) is 6.54 Å². The Balaban J connectivity index is 1.36. The maximum atomic E-state index is 12.5. The number of nitrogens with zero attached hydrogens (tertiary/aromatic N) is 4. The fourth-order valence-electron chi connectivity index (χ4n) is 3.62. The first-order valence-corrected chi connectivity index (χ1v) is 9.52. The Morgan fingerprint density at radius 3 is 2.79 bits per heavy atom. The van der Waals surface area contributed by atoms with E-state index < -0.39 is 0 Å². The second-order valence-corrected chi connectivity index (χ2v) is 7.09. The van der Waals surface area contributed by atoms with Crippen LogP contribution >= 0.6 is 0 Å². The fraction of sp³-hybridized carbons (Fsp3) is 0.182. The summed E-state index contributed by atoms with van der Waals surface area (Å²) in [6.07, 6.45) is 4.06. The van der Waals surface area contributed by atoms with Gasteiger partial charge in [-0.3, -0.25) is 14.7 Å². The first-order valence-electron chi connectivity index (χ1n) is 9.52. The fourth-order valence-corrected chi connectivity index (χ4v) is 3.62. The lowest BCUT2D eigenvalue weighted by Gasteiger charge is -2.26. The Morgan fingerprint density at radius 1 is 1.10 bits per heavy atom. The van der Waals surface area contributed by atoms with Gasteiger partial charge in [0.15, 0.2) is 5.76 Å². The van der Waals surface area contributed by atoms with Crippen LogP contribution in [0.15, 0.2) is 70.2 Å². The van der Waals surface area contributed by atoms with E-state index in [1.807, 2.05) is 48.5 Å². The number of hydrogen-bond acceptors (Lipinski definition) is 6. The zero-order valence-corrected chi connectivity index (χ0v) is 15.7. The average molecular weight is 385 g/mol. The maximum Gasteiger partial charge on any atom is 0.254 e. The number of pyridine rings is 1. The molecule has 0 atom stereocenters. The summed E-state index contributed by atoms with van der Waals surface area (Å²) in [4.78, 5) is 26.5. The van der Waals surface area contributed by atoms with Crippen molar-refractivity contribution in [1.29, 1.82) is 0 Å². The SMILES string of the molecule is O=c1[nH]c(-c2cccnc2)nc2c1CCN(Cc1cc(-c3ccccc3)on1)C2. The van der Waals surface area contributed by atoms with Crippen LogP contribution in [-0.2, 0) is 19.5 Å². The highest BCUT2D eigenvalue weighted by molar-refractivity contribution is 5.57. The Hall–Kier alpha value is -3.58. The van der Waals surface area contributed by atoms with Crippen molar-refractivity contribution in [3.63, 3.8) is 0 Å². The van der Waals surface area contributed by atoms with Gasteiger partial charge in [-0.25, -0.2) is 4.98 Å². The molecule has 1 aromatic carbocycles. The number of benzene rings is 1. The summed E-state index contributed by atoms with van der Waals surface area (Å²) in [7, 11) is 0. The standard InChI is InChI=1S/C22H19N5O2/c28-22-18-8-10-27(13-17-11-20(29-26-17)15-5-2-1-3-6-15)14-19(18)24-21(25-22)16-7-4-9-23-12-16/h1-7,9,11-12H,8,10,13-14H2,(H,24,25,28). The molecule has 0 radical (unpaired) electrons. The molecule has 7 heteroatoms. The number of rotatable bonds is 4. The lowest BCUT2D eigenvalue weighted by molar-refractivity contribution is 0.233. The number of nitrogens with one attached hydrogen (secondary N) is 1. The minimum atomic E-state index is -0.0682. The van der Waals surface area contributed by atoms with Crippen LogP contribution in [-0.4, -0.2) is 31.6 Å². The summed E-state index contributed by atoms with van der Waals surface area (Å²) in [5.74, 6) is 1.31. The van der Waals surface area contributed by atoms with Crippen LogP contribution in [0.2, 0.25) is 0 Å². The zero-order valence-electron chi connectivity index (χ0n) is 15.7. The normalized spacial score (nSPS) is 13.9. The molecule has 1 N–H and O–H groups in total. The third kappa shape index (κ3) is 3.60. The van der Waals surface area contributed by atoms with E-state index in [0.29, 0.717) is 25.3 Å². The van der Waals surface area contributed by atoms with Crippen molar-refractivity contribution in [3.05, 3.63) is 88.2 Å². The first-order chi connectivity index (χ1) is 14.3. The first kappa shape index (κ1) is 17.5. The van der Waals surface area contributed by atoms with E-state index in [1.54, 1.807) is 12.4 Å². The molecular weight excluding hydrogens is 366 g/mol. The molecule has 4 heterocycles. The predicted octanol–water partition coefficient (Wildman–Crippen LogP) is 3.05. The van der Waals surface area contributed by atoms with E-state index in [9.17, 15) is 4.79 Å². The van der Waals surface area contributed by atoms with Gasteiger partial charge in [0.05, 0.1) is 11.4 Å². The average Bonchev–Trinajstić information content (AvgIpc) is 3.23. The molecule has 29 heavy (non-hydrogen) atoms. The number of fused-ring (bicyclic) bond motifs is 1. The van der Waals surface area contributed by atoms with Gasteiger partial charge in [-0.15, -0.1) is 0 Å². The number of H-pyrrole nitrogens is 1. The van der Waals surface area contributed by atoms with Gasteiger partial charge >= 0.3 is 0 Å². The Bertz CT molecular complexity index is 1180. The van der Waals surface area contributed by atoms with Gasteiger partial charge < -0.3 is 9.51 Å². The van der Waals surface area contributed by atoms with E-state index in [0.717, 1.165) is 40.4 Å². The Labute approximate surface area is 167 Å². The molecule has 0 spiro atoms. The molecule has 144 valence electrons. The lowest BCUT2D eigenvalue weighted by atomic mass is 10.1. The molecule has 0 aliphatic carbocycles. The van der Waals surface area contributed by atoms with Crippen LogP contribution in [0, 0.1) is 0 Å². The van der Waals surface area contributed by atoms with Crippen molar-refractivity contribution in [2.45, 2.75) is 19.5 Å². The largest absolute Gasteiger partial charge is 0.356 e. The van der Waals surface area contributed by atoms with E-state index in [2.05, 4.69) is 20.0 Å². The molecule has 7 nitrogen and oxygen atoms in total. The molecule has 1 aliphatic rings. The van der Waals surface area contributed by atoms with Crippen molar-refractivity contribution in [3.8, 4) is 22.7 Å². The van der Waals surface area contributed by atoms with Gasteiger partial charge in [-0.1, -0.05) is 35.5 Å². The van der Waals surface area contributed by atoms with Crippen molar-refractivity contribution >= 4 is 0 Å². The summed E-state index contributed by atoms with van der Waals surface area (Å²) in [5, 5.41) is 4.21. The quantitative estimate of drug-likeness (QED) is 0.581. The number of aromatic amines is 1. The summed E-state index contributed by atoms with van der Waals surface area (Å²) in [6.45, 7) is 2.02. The van der Waals surface area contributed by atoms with Crippen LogP contribution < -0.4 is 5.56 Å². The van der Waals surface area contributed by atoms with Gasteiger partial charge in [0, 0.05) is 54.8 Å². The molecule has 0 amide bonds. The smallest absolute Gasteiger partial charge is 0.254 e. The third-order valence-electron chi connectivity index (χ3n) is 5.09. The summed E-state index contributed by atoms with van der Waals surface area (Å²) in [5.41, 5.74) is 4.17. The van der Waals surface area contributed by atoms with Crippen LogP contribution in [0.1, 0.15) is 17.0 Å². The molecule has 0 fully saturated rings. The highest BCUT2D eigenvalue weighted by Crippen LogP contribution is 2.23. The molecule has 0 bridgehead atoms. The summed E-state index contributed by atoms with van der Waals surface area (Å²) in [6, 6.07) is 15.6. The van der Waals surface area contributed by atoms with Gasteiger partial charge in [-0.2, -0.15) is 0 Å². The molecule has 4 aromatic rings. The van der Waals surface area contributed by atoms with E-state index in [4.69, 9.17) is 9.51 Å². The number of aromatic nitrogens is 4. The van der Waals surface area contributed by atoms with E-state index in [-0.39, 0.29) is 5.56 Å². The summed E-state index contributed by atoms with van der Waals surface area (Å²) < 4.78 is 5.50. The minimum absolute atomic E-state index is 0.0682. The molecule has 3 aromatic heterocycles. The lowest BCUT2D eigenvalue weighted by Crippen LogP contribution is -2.35. The Kier molecular flexibility index (Phi) is 4.50. The van der Waals surface area contributed by atoms with Crippen molar-refractivity contribution < 1.29 is 4.52 Å². The van der Waals surface area contributed by atoms with Gasteiger partial charge in [0.2, 0.25) is 0 Å². The second kappa shape index (κ2) is 7.44. The molecular formula is C22H19N5O2. The topological polar surface area (TPSA) is 87.9 Å². The molecule has 1 aliphatic heterocycles. The molecule has 0 saturated carbocycles. The third-order valence-corrected chi connectivity index (χ3v) is 5.09. The zero-order chi connectivity index (χ0) is 19.6. The van der Waals surface area contributed by atoms with E-state index >= 15 is 0 Å². The van der Waals surface area contributed by atoms with Crippen LogP contribution in [0.5, 0.6) is 0 Å². The van der Waals surface area contributed by atoms with Gasteiger partial charge in [-0.05, 0) is 18.6 Å². The van der Waals surface area contributed by atoms with E-state index in [1.165, 1.54) is 0 Å². The van der Waals surface area contributed by atoms with Crippen LogP contribution in [0.4, 0.5) is 0 Å². The van der Waals surface area contributed by atoms with Crippen LogP contribution in [0.25, 0.3) is 22.7 Å².